The van der Waals surface area contributed by atoms with E-state index in [0.717, 1.165) is 47.2 Å². The van der Waals surface area contributed by atoms with Crippen molar-refractivity contribution in [1.82, 2.24) is 18.7 Å². The summed E-state index contributed by atoms with van der Waals surface area (Å²) in [4.78, 5) is 4.94. The van der Waals surface area contributed by atoms with Crippen LogP contribution in [0.4, 0.5) is 0 Å². The summed E-state index contributed by atoms with van der Waals surface area (Å²) in [5.41, 5.74) is 17.2. The Morgan fingerprint density at radius 2 is 0.905 bits per heavy atom. The fourth-order valence-electron chi connectivity index (χ4n) is 10.2. The Hall–Kier alpha value is -6.91. The number of nitrogens with zero attached hydrogens (tertiary/aromatic N) is 4. The van der Waals surface area contributed by atoms with Crippen LogP contribution in [0.3, 0.4) is 0 Å². The number of hydrogen-bond acceptors (Lipinski definition) is 1. The molecule has 0 fully saturated rings. The smallest absolute Gasteiger partial charge is 0.145 e. The highest BCUT2D eigenvalue weighted by Crippen LogP contribution is 2.41. The second kappa shape index (κ2) is 16.4. The summed E-state index contributed by atoms with van der Waals surface area (Å²) in [7, 11) is 0. The molecule has 0 saturated carbocycles. The molecule has 4 heteroatoms. The predicted molar refractivity (Wildman–Crippen MR) is 269 cm³/mol. The van der Waals surface area contributed by atoms with E-state index in [0.29, 0.717) is 0 Å². The number of benzene rings is 7. The van der Waals surface area contributed by atoms with Gasteiger partial charge >= 0.3 is 0 Å². The molecule has 4 nitrogen and oxygen atoms in total. The van der Waals surface area contributed by atoms with Crippen molar-refractivity contribution in [3.05, 3.63) is 181 Å². The van der Waals surface area contributed by atoms with Crippen LogP contribution in [0.1, 0.15) is 76.0 Å². The van der Waals surface area contributed by atoms with E-state index in [9.17, 15) is 0 Å². The second-order valence-electron chi connectivity index (χ2n) is 17.5. The third-order valence-electron chi connectivity index (χ3n) is 13.4. The maximum Gasteiger partial charge on any atom is 0.145 e. The summed E-state index contributed by atoms with van der Waals surface area (Å²) in [6.45, 7) is 6.81. The van der Waals surface area contributed by atoms with Crippen molar-refractivity contribution in [2.45, 2.75) is 78.6 Å². The molecule has 4 heterocycles. The van der Waals surface area contributed by atoms with E-state index in [1.165, 1.54) is 121 Å². The Labute approximate surface area is 370 Å². The van der Waals surface area contributed by atoms with E-state index in [-0.39, 0.29) is 0 Å². The zero-order valence-electron chi connectivity index (χ0n) is 36.7. The number of unbranched alkanes of at least 4 members (excludes halogenated alkanes) is 3. The largest absolute Gasteiger partial charge is 0.309 e. The van der Waals surface area contributed by atoms with Crippen LogP contribution in [-0.2, 0) is 19.3 Å². The first-order valence-electron chi connectivity index (χ1n) is 23.3. The van der Waals surface area contributed by atoms with Gasteiger partial charge in [-0.25, -0.2) is 4.98 Å². The van der Waals surface area contributed by atoms with Gasteiger partial charge in [-0.05, 0) is 152 Å². The van der Waals surface area contributed by atoms with Gasteiger partial charge in [0.15, 0.2) is 0 Å². The molecule has 0 aliphatic rings. The lowest BCUT2D eigenvalue weighted by molar-refractivity contribution is 0.795. The van der Waals surface area contributed by atoms with Gasteiger partial charge in [0, 0.05) is 55.5 Å². The maximum atomic E-state index is 4.94. The van der Waals surface area contributed by atoms with Gasteiger partial charge in [-0.2, -0.15) is 0 Å². The topological polar surface area (TPSA) is 27.7 Å². The molecule has 0 N–H and O–H groups in total. The average Bonchev–Trinajstić information content (AvgIpc) is 3.97. The van der Waals surface area contributed by atoms with Crippen LogP contribution >= 0.6 is 0 Å². The number of hydrogen-bond donors (Lipinski definition) is 0. The minimum absolute atomic E-state index is 0.981. The van der Waals surface area contributed by atoms with Gasteiger partial charge < -0.3 is 9.13 Å². The van der Waals surface area contributed by atoms with E-state index in [1.807, 2.05) is 6.20 Å². The van der Waals surface area contributed by atoms with Gasteiger partial charge in [0.05, 0.1) is 33.3 Å². The highest BCUT2D eigenvalue weighted by atomic mass is 15.0. The average molecular weight is 819 g/mol. The lowest BCUT2D eigenvalue weighted by Gasteiger charge is -2.15. The van der Waals surface area contributed by atoms with E-state index in [2.05, 4.69) is 192 Å². The molecule has 7 aromatic carbocycles. The zero-order valence-corrected chi connectivity index (χ0v) is 36.7. The number of para-hydroxylation sites is 2. The molecular weight excluding hydrogens is 765 g/mol. The van der Waals surface area contributed by atoms with Crippen molar-refractivity contribution in [2.24, 2.45) is 0 Å². The minimum Gasteiger partial charge on any atom is -0.309 e. The first kappa shape index (κ1) is 39.0. The molecule has 0 amide bonds. The number of pyridine rings is 1. The van der Waals surface area contributed by atoms with Gasteiger partial charge in [0.25, 0.3) is 0 Å². The van der Waals surface area contributed by atoms with Crippen LogP contribution in [0.25, 0.3) is 93.7 Å². The highest BCUT2D eigenvalue weighted by Gasteiger charge is 2.20. The van der Waals surface area contributed by atoms with Crippen molar-refractivity contribution < 1.29 is 0 Å². The van der Waals surface area contributed by atoms with Gasteiger partial charge in [-0.15, -0.1) is 0 Å². The first-order valence-corrected chi connectivity index (χ1v) is 23.3. The zero-order chi connectivity index (χ0) is 42.4. The molecule has 11 rings (SSSR count). The number of aryl methyl sites for hydroxylation is 3. The van der Waals surface area contributed by atoms with Gasteiger partial charge in [-0.3, -0.25) is 4.57 Å². The number of aromatic nitrogens is 4. The second-order valence-corrected chi connectivity index (χ2v) is 17.5. The van der Waals surface area contributed by atoms with Gasteiger partial charge in [0.1, 0.15) is 5.65 Å². The molecule has 0 unspecified atom stereocenters. The molecule has 310 valence electrons. The molecule has 0 saturated heterocycles. The lowest BCUT2D eigenvalue weighted by atomic mass is 10.0. The summed E-state index contributed by atoms with van der Waals surface area (Å²) >= 11 is 0. The standard InChI is InChI=1S/C59H54N4/c1-4-7-15-40-23-28-44(29-24-40)62-57-33-27-43(38-51(57)48-20-14-35-60-59(48)62)46-18-10-12-21-53(46)63-54-22-13-11-19-47(54)52-39-45(30-34-58(52)63)61-55-31-25-41(16-8-5-2)36-49(55)50-37-42(17-9-6-3)26-32-56(50)61/h10-14,18-39H,4-9,15-17H2,1-3H3. The van der Waals surface area contributed by atoms with Crippen molar-refractivity contribution in [3.8, 4) is 28.2 Å². The highest BCUT2D eigenvalue weighted by molar-refractivity contribution is 6.13. The molecule has 0 aliphatic heterocycles. The Kier molecular flexibility index (Phi) is 10.2. The quantitative estimate of drug-likeness (QED) is 0.114. The third-order valence-corrected chi connectivity index (χ3v) is 13.4. The maximum absolute atomic E-state index is 4.94. The molecule has 11 aromatic rings. The fraction of sp³-hybridized carbons (Fsp3) is 0.203. The van der Waals surface area contributed by atoms with Crippen molar-refractivity contribution in [2.75, 3.05) is 0 Å². The predicted octanol–water partition coefficient (Wildman–Crippen LogP) is 16.1. The summed E-state index contributed by atoms with van der Waals surface area (Å²) in [5.74, 6) is 0. The minimum atomic E-state index is 0.981. The Balaban J connectivity index is 1.06. The van der Waals surface area contributed by atoms with Crippen LogP contribution in [-0.4, -0.2) is 18.7 Å². The Bertz CT molecular complexity index is 3400. The molecule has 0 radical (unpaired) electrons. The van der Waals surface area contributed by atoms with Gasteiger partial charge in [-0.1, -0.05) is 107 Å². The normalized spacial score (nSPS) is 12.0. The summed E-state index contributed by atoms with van der Waals surface area (Å²) in [5, 5.41) is 7.56. The molecule has 63 heavy (non-hydrogen) atoms. The van der Waals surface area contributed by atoms with E-state index < -0.39 is 0 Å². The third kappa shape index (κ3) is 6.71. The molecule has 0 bridgehead atoms. The number of rotatable bonds is 13. The van der Waals surface area contributed by atoms with Crippen LogP contribution < -0.4 is 0 Å². The molecule has 0 aliphatic carbocycles. The summed E-state index contributed by atoms with van der Waals surface area (Å²) in [6, 6.07) is 59.6. The van der Waals surface area contributed by atoms with E-state index in [1.54, 1.807) is 0 Å². The lowest BCUT2D eigenvalue weighted by Crippen LogP contribution is -1.98. The summed E-state index contributed by atoms with van der Waals surface area (Å²) < 4.78 is 7.30. The van der Waals surface area contributed by atoms with Crippen molar-refractivity contribution in [1.29, 1.82) is 0 Å². The Morgan fingerprint density at radius 1 is 0.381 bits per heavy atom. The van der Waals surface area contributed by atoms with Crippen LogP contribution in [0, 0.1) is 0 Å². The fourth-order valence-corrected chi connectivity index (χ4v) is 10.2. The monoisotopic (exact) mass is 818 g/mol. The SMILES string of the molecule is CCCCc1ccc(-n2c3ccc(-c4ccccc4-n4c5ccccc5c5cc(-n6c7ccc(CCCC)cc7c7cc(CCCC)ccc76)ccc54)cc3c3cccnc32)cc1. The van der Waals surface area contributed by atoms with E-state index in [4.69, 9.17) is 4.98 Å². The van der Waals surface area contributed by atoms with Crippen molar-refractivity contribution in [3.63, 3.8) is 0 Å². The number of fused-ring (bicyclic) bond motifs is 9. The molecule has 0 atom stereocenters. The molecule has 4 aromatic heterocycles. The summed E-state index contributed by atoms with van der Waals surface area (Å²) in [6.07, 6.45) is 12.5. The van der Waals surface area contributed by atoms with Crippen molar-refractivity contribution >= 4 is 65.5 Å². The van der Waals surface area contributed by atoms with E-state index >= 15 is 0 Å². The van der Waals surface area contributed by atoms with Crippen LogP contribution in [0.5, 0.6) is 0 Å². The first-order chi connectivity index (χ1) is 31.1. The molecular formula is C59H54N4. The molecule has 0 spiro atoms. The van der Waals surface area contributed by atoms with Gasteiger partial charge in [0.2, 0.25) is 0 Å². The van der Waals surface area contributed by atoms with Crippen LogP contribution in [0.15, 0.2) is 164 Å². The van der Waals surface area contributed by atoms with Crippen LogP contribution in [0.2, 0.25) is 0 Å². The Morgan fingerprint density at radius 3 is 1.63 bits per heavy atom.